The molecule has 0 radical (unpaired) electrons. The van der Waals surface area contributed by atoms with Crippen LogP contribution in [0, 0.1) is 5.82 Å². The fourth-order valence-electron chi connectivity index (χ4n) is 5.53. The number of hydrogen-bond acceptors (Lipinski definition) is 1. The average molecular weight is 539 g/mol. The quantitative estimate of drug-likeness (QED) is 0.211. The van der Waals surface area contributed by atoms with Crippen LogP contribution >= 0.6 is 11.6 Å². The van der Waals surface area contributed by atoms with Gasteiger partial charge in [-0.2, -0.15) is 0 Å². The molecular formula is C36H24ClFN2. The Hall–Kier alpha value is -4.86. The van der Waals surface area contributed by atoms with Gasteiger partial charge in [0.1, 0.15) is 5.82 Å². The first-order chi connectivity index (χ1) is 19.7. The summed E-state index contributed by atoms with van der Waals surface area (Å²) in [7, 11) is 0. The van der Waals surface area contributed by atoms with E-state index in [1.807, 2.05) is 72.8 Å². The standard InChI is InChI=1S/C36H24ClFN2/c37-36-34(39(26-13-3-1-4-14-26)27-15-5-2-6-16-27)23-25(28-17-7-10-20-31(28)38)24-35(36)40-32-21-11-8-18-29(32)30-19-9-12-22-33(30)40/h1-24H. The molecule has 0 unspecified atom stereocenters. The third-order valence-corrected chi connectivity index (χ3v) is 7.70. The number of hydrogen-bond donors (Lipinski definition) is 0. The molecular weight excluding hydrogens is 515 g/mol. The van der Waals surface area contributed by atoms with E-state index >= 15 is 4.39 Å². The van der Waals surface area contributed by atoms with E-state index in [1.54, 1.807) is 6.07 Å². The number of benzene rings is 6. The highest BCUT2D eigenvalue weighted by atomic mass is 35.5. The van der Waals surface area contributed by atoms with Gasteiger partial charge in [-0.3, -0.25) is 0 Å². The average Bonchev–Trinajstić information content (AvgIpc) is 3.34. The lowest BCUT2D eigenvalue weighted by molar-refractivity contribution is 0.631. The molecule has 0 atom stereocenters. The molecule has 1 heterocycles. The van der Waals surface area contributed by atoms with Gasteiger partial charge in [-0.05, 0) is 60.2 Å². The lowest BCUT2D eigenvalue weighted by atomic mass is 10.0. The Bertz CT molecular complexity index is 1890. The number of nitrogens with zero attached hydrogens (tertiary/aromatic N) is 2. The van der Waals surface area contributed by atoms with Crippen molar-refractivity contribution >= 4 is 50.5 Å². The molecule has 40 heavy (non-hydrogen) atoms. The molecule has 1 aromatic heterocycles. The first-order valence-electron chi connectivity index (χ1n) is 13.2. The van der Waals surface area contributed by atoms with Gasteiger partial charge in [0.25, 0.3) is 0 Å². The Morgan fingerprint density at radius 3 is 1.62 bits per heavy atom. The maximum absolute atomic E-state index is 15.3. The first-order valence-corrected chi connectivity index (χ1v) is 13.6. The largest absolute Gasteiger partial charge is 0.309 e. The van der Waals surface area contributed by atoms with E-state index in [-0.39, 0.29) is 5.82 Å². The molecule has 0 saturated heterocycles. The number of rotatable bonds is 5. The van der Waals surface area contributed by atoms with E-state index in [0.717, 1.165) is 50.1 Å². The monoisotopic (exact) mass is 538 g/mol. The maximum Gasteiger partial charge on any atom is 0.131 e. The predicted octanol–water partition coefficient (Wildman–Crippen LogP) is 10.7. The van der Waals surface area contributed by atoms with Crippen LogP contribution in [-0.4, -0.2) is 4.57 Å². The normalized spacial score (nSPS) is 11.2. The zero-order valence-electron chi connectivity index (χ0n) is 21.5. The molecule has 0 spiro atoms. The van der Waals surface area contributed by atoms with Gasteiger partial charge in [0.15, 0.2) is 0 Å². The van der Waals surface area contributed by atoms with Gasteiger partial charge >= 0.3 is 0 Å². The van der Waals surface area contributed by atoms with E-state index < -0.39 is 0 Å². The molecule has 7 aromatic rings. The Morgan fingerprint density at radius 1 is 0.550 bits per heavy atom. The van der Waals surface area contributed by atoms with Crippen LogP contribution in [0.4, 0.5) is 21.5 Å². The van der Waals surface area contributed by atoms with Crippen molar-refractivity contribution in [2.24, 2.45) is 0 Å². The minimum atomic E-state index is -0.282. The fraction of sp³-hybridized carbons (Fsp3) is 0. The van der Waals surface area contributed by atoms with Gasteiger partial charge in [0.05, 0.1) is 27.4 Å². The Balaban J connectivity index is 1.60. The molecule has 2 nitrogen and oxygen atoms in total. The van der Waals surface area contributed by atoms with Crippen molar-refractivity contribution in [2.45, 2.75) is 0 Å². The SMILES string of the molecule is Fc1ccccc1-c1cc(N(c2ccccc2)c2ccccc2)c(Cl)c(-n2c3ccccc3c3ccccc32)c1. The van der Waals surface area contributed by atoms with Crippen molar-refractivity contribution in [3.05, 3.63) is 156 Å². The van der Waals surface area contributed by atoms with Crippen molar-refractivity contribution < 1.29 is 4.39 Å². The van der Waals surface area contributed by atoms with Gasteiger partial charge in [-0.25, -0.2) is 4.39 Å². The molecule has 0 aliphatic carbocycles. The summed E-state index contributed by atoms with van der Waals surface area (Å²) in [6, 6.07) is 47.7. The maximum atomic E-state index is 15.3. The van der Waals surface area contributed by atoms with Crippen LogP contribution in [-0.2, 0) is 0 Å². The van der Waals surface area contributed by atoms with Crippen LogP contribution in [0.15, 0.2) is 146 Å². The molecule has 0 bridgehead atoms. The summed E-state index contributed by atoms with van der Waals surface area (Å²) in [4.78, 5) is 2.13. The number of halogens is 2. The van der Waals surface area contributed by atoms with Crippen LogP contribution in [0.25, 0.3) is 38.6 Å². The Labute approximate surface area is 237 Å². The van der Waals surface area contributed by atoms with Gasteiger partial charge in [0.2, 0.25) is 0 Å². The van der Waals surface area contributed by atoms with Crippen LogP contribution in [0.3, 0.4) is 0 Å². The minimum Gasteiger partial charge on any atom is -0.309 e. The molecule has 0 fully saturated rings. The highest BCUT2D eigenvalue weighted by Crippen LogP contribution is 2.45. The van der Waals surface area contributed by atoms with E-state index in [2.05, 4.69) is 70.1 Å². The molecule has 4 heteroatoms. The molecule has 0 N–H and O–H groups in total. The van der Waals surface area contributed by atoms with Crippen LogP contribution in [0.2, 0.25) is 5.02 Å². The van der Waals surface area contributed by atoms with E-state index in [0.29, 0.717) is 10.6 Å². The van der Waals surface area contributed by atoms with Crippen molar-refractivity contribution in [1.29, 1.82) is 0 Å². The second kappa shape index (κ2) is 10.0. The second-order valence-corrected chi connectivity index (χ2v) is 10.1. The summed E-state index contributed by atoms with van der Waals surface area (Å²) in [5.41, 5.74) is 6.78. The molecule has 0 amide bonds. The fourth-order valence-corrected chi connectivity index (χ4v) is 5.81. The second-order valence-electron chi connectivity index (χ2n) is 9.68. The van der Waals surface area contributed by atoms with Crippen LogP contribution < -0.4 is 4.90 Å². The summed E-state index contributed by atoms with van der Waals surface area (Å²) >= 11 is 7.44. The van der Waals surface area contributed by atoms with Gasteiger partial charge in [0, 0.05) is 27.7 Å². The molecule has 6 aromatic carbocycles. The van der Waals surface area contributed by atoms with Crippen molar-refractivity contribution in [3.63, 3.8) is 0 Å². The van der Waals surface area contributed by atoms with Crippen molar-refractivity contribution in [3.8, 4) is 16.8 Å². The topological polar surface area (TPSA) is 8.17 Å². The number of anilines is 3. The van der Waals surface area contributed by atoms with Crippen molar-refractivity contribution in [2.75, 3.05) is 4.90 Å². The lowest BCUT2D eigenvalue weighted by Crippen LogP contribution is -2.12. The molecule has 192 valence electrons. The molecule has 7 rings (SSSR count). The van der Waals surface area contributed by atoms with Gasteiger partial charge < -0.3 is 9.47 Å². The lowest BCUT2D eigenvalue weighted by Gasteiger charge is -2.28. The third-order valence-electron chi connectivity index (χ3n) is 7.31. The highest BCUT2D eigenvalue weighted by Gasteiger charge is 2.23. The van der Waals surface area contributed by atoms with Gasteiger partial charge in [-0.15, -0.1) is 0 Å². The highest BCUT2D eigenvalue weighted by molar-refractivity contribution is 6.36. The van der Waals surface area contributed by atoms with Gasteiger partial charge in [-0.1, -0.05) is 103 Å². The van der Waals surface area contributed by atoms with E-state index in [4.69, 9.17) is 11.6 Å². The van der Waals surface area contributed by atoms with Crippen LogP contribution in [0.1, 0.15) is 0 Å². The van der Waals surface area contributed by atoms with Crippen molar-refractivity contribution in [1.82, 2.24) is 4.57 Å². The summed E-state index contributed by atoms with van der Waals surface area (Å²) in [6.07, 6.45) is 0. The summed E-state index contributed by atoms with van der Waals surface area (Å²) in [5, 5.41) is 2.84. The molecule has 0 saturated carbocycles. The molecule has 0 aliphatic rings. The Kier molecular flexibility index (Phi) is 6.07. The molecule has 0 aliphatic heterocycles. The predicted molar refractivity (Wildman–Crippen MR) is 166 cm³/mol. The van der Waals surface area contributed by atoms with Crippen LogP contribution in [0.5, 0.6) is 0 Å². The smallest absolute Gasteiger partial charge is 0.131 e. The zero-order chi connectivity index (χ0) is 27.1. The number of para-hydroxylation sites is 4. The summed E-state index contributed by atoms with van der Waals surface area (Å²) in [5.74, 6) is -0.282. The Morgan fingerprint density at radius 2 is 1.05 bits per heavy atom. The third kappa shape index (κ3) is 4.03. The summed E-state index contributed by atoms with van der Waals surface area (Å²) < 4.78 is 17.5. The van der Waals surface area contributed by atoms with E-state index in [1.165, 1.54) is 6.07 Å². The number of fused-ring (bicyclic) bond motifs is 3. The first kappa shape index (κ1) is 24.2. The number of aromatic nitrogens is 1. The van der Waals surface area contributed by atoms with E-state index in [9.17, 15) is 0 Å². The summed E-state index contributed by atoms with van der Waals surface area (Å²) in [6.45, 7) is 0. The minimum absolute atomic E-state index is 0.282. The zero-order valence-corrected chi connectivity index (χ0v) is 22.3.